The lowest BCUT2D eigenvalue weighted by atomic mass is 10.2. The first-order valence-electron chi connectivity index (χ1n) is 8.56. The number of thioether (sulfide) groups is 1. The van der Waals surface area contributed by atoms with Crippen molar-refractivity contribution in [3.05, 3.63) is 30.3 Å². The molecule has 1 unspecified atom stereocenters. The molecule has 1 N–H and O–H groups in total. The molecule has 0 fully saturated rings. The van der Waals surface area contributed by atoms with Gasteiger partial charge in [-0.3, -0.25) is 4.79 Å². The molecule has 5 nitrogen and oxygen atoms in total. The predicted octanol–water partition coefficient (Wildman–Crippen LogP) is 3.75. The zero-order valence-corrected chi connectivity index (χ0v) is 15.5. The SMILES string of the molecule is CCC(C)NC(=O)CCCSc1nnc(-c2ccccc2)n1CC. The van der Waals surface area contributed by atoms with Gasteiger partial charge in [0.2, 0.25) is 5.91 Å². The summed E-state index contributed by atoms with van der Waals surface area (Å²) in [6.45, 7) is 7.03. The molecule has 0 saturated heterocycles. The predicted molar refractivity (Wildman–Crippen MR) is 99.0 cm³/mol. The first-order chi connectivity index (χ1) is 11.7. The number of nitrogens with one attached hydrogen (secondary N) is 1. The van der Waals surface area contributed by atoms with Crippen LogP contribution in [0.1, 0.15) is 40.0 Å². The molecule has 24 heavy (non-hydrogen) atoms. The standard InChI is InChI=1S/C18H26N4OS/c1-4-14(3)19-16(23)12-9-13-24-18-21-20-17(22(18)5-2)15-10-7-6-8-11-15/h6-8,10-11,14H,4-5,9,12-13H2,1-3H3,(H,19,23). The van der Waals surface area contributed by atoms with E-state index in [1.807, 2.05) is 37.3 Å². The Morgan fingerprint density at radius 2 is 2.00 bits per heavy atom. The molecule has 1 heterocycles. The van der Waals surface area contributed by atoms with Crippen molar-refractivity contribution in [3.8, 4) is 11.4 Å². The van der Waals surface area contributed by atoms with Gasteiger partial charge in [-0.05, 0) is 26.7 Å². The molecule has 0 radical (unpaired) electrons. The van der Waals surface area contributed by atoms with Crippen LogP contribution in [-0.4, -0.2) is 32.5 Å². The number of carbonyl (C=O) groups is 1. The number of carbonyl (C=O) groups excluding carboxylic acids is 1. The van der Waals surface area contributed by atoms with E-state index < -0.39 is 0 Å². The Hall–Kier alpha value is -1.82. The monoisotopic (exact) mass is 346 g/mol. The number of hydrogen-bond acceptors (Lipinski definition) is 4. The molecule has 0 spiro atoms. The van der Waals surface area contributed by atoms with Crippen LogP contribution in [0, 0.1) is 0 Å². The Morgan fingerprint density at radius 1 is 1.25 bits per heavy atom. The minimum Gasteiger partial charge on any atom is -0.354 e. The van der Waals surface area contributed by atoms with Crippen LogP contribution < -0.4 is 5.32 Å². The van der Waals surface area contributed by atoms with Crippen molar-refractivity contribution >= 4 is 17.7 Å². The zero-order valence-electron chi connectivity index (χ0n) is 14.7. The van der Waals surface area contributed by atoms with Gasteiger partial charge in [0.15, 0.2) is 11.0 Å². The van der Waals surface area contributed by atoms with E-state index in [0.29, 0.717) is 6.42 Å². The van der Waals surface area contributed by atoms with Gasteiger partial charge in [0.05, 0.1) is 0 Å². The van der Waals surface area contributed by atoms with Crippen LogP contribution >= 0.6 is 11.8 Å². The molecule has 0 aliphatic heterocycles. The molecule has 1 aromatic heterocycles. The van der Waals surface area contributed by atoms with Crippen LogP contribution in [-0.2, 0) is 11.3 Å². The molecule has 1 amide bonds. The zero-order chi connectivity index (χ0) is 17.4. The molecule has 1 atom stereocenters. The minimum atomic E-state index is 0.131. The van der Waals surface area contributed by atoms with Gasteiger partial charge in [0.25, 0.3) is 0 Å². The number of rotatable bonds is 9. The largest absolute Gasteiger partial charge is 0.354 e. The maximum Gasteiger partial charge on any atom is 0.220 e. The Bertz CT molecular complexity index is 642. The molecule has 6 heteroatoms. The van der Waals surface area contributed by atoms with Gasteiger partial charge in [-0.2, -0.15) is 0 Å². The summed E-state index contributed by atoms with van der Waals surface area (Å²) >= 11 is 1.66. The van der Waals surface area contributed by atoms with E-state index in [9.17, 15) is 4.79 Å². The quantitative estimate of drug-likeness (QED) is 0.555. The lowest BCUT2D eigenvalue weighted by Gasteiger charge is -2.11. The van der Waals surface area contributed by atoms with Gasteiger partial charge in [-0.25, -0.2) is 0 Å². The Balaban J connectivity index is 1.87. The lowest BCUT2D eigenvalue weighted by Crippen LogP contribution is -2.31. The van der Waals surface area contributed by atoms with Crippen molar-refractivity contribution in [1.82, 2.24) is 20.1 Å². The fourth-order valence-corrected chi connectivity index (χ4v) is 3.27. The summed E-state index contributed by atoms with van der Waals surface area (Å²) in [4.78, 5) is 11.8. The maximum absolute atomic E-state index is 11.8. The first-order valence-corrected chi connectivity index (χ1v) is 9.55. The van der Waals surface area contributed by atoms with E-state index in [-0.39, 0.29) is 11.9 Å². The summed E-state index contributed by atoms with van der Waals surface area (Å²) in [7, 11) is 0. The van der Waals surface area contributed by atoms with Gasteiger partial charge in [-0.15, -0.1) is 10.2 Å². The van der Waals surface area contributed by atoms with Gasteiger partial charge in [-0.1, -0.05) is 49.0 Å². The van der Waals surface area contributed by atoms with Crippen LogP contribution in [0.15, 0.2) is 35.5 Å². The van der Waals surface area contributed by atoms with E-state index >= 15 is 0 Å². The fourth-order valence-electron chi connectivity index (χ4n) is 2.33. The van der Waals surface area contributed by atoms with Crippen LogP contribution in [0.4, 0.5) is 0 Å². The summed E-state index contributed by atoms with van der Waals surface area (Å²) in [5, 5.41) is 12.6. The van der Waals surface area contributed by atoms with Crippen molar-refractivity contribution < 1.29 is 4.79 Å². The summed E-state index contributed by atoms with van der Waals surface area (Å²) < 4.78 is 2.12. The Kier molecular flexibility index (Phi) is 7.31. The van der Waals surface area contributed by atoms with E-state index in [1.165, 1.54) is 0 Å². The molecule has 0 saturated carbocycles. The van der Waals surface area contributed by atoms with Gasteiger partial charge < -0.3 is 9.88 Å². The van der Waals surface area contributed by atoms with Crippen molar-refractivity contribution in [2.24, 2.45) is 0 Å². The highest BCUT2D eigenvalue weighted by Crippen LogP contribution is 2.24. The summed E-state index contributed by atoms with van der Waals surface area (Å²) in [6.07, 6.45) is 2.36. The van der Waals surface area contributed by atoms with Crippen LogP contribution in [0.5, 0.6) is 0 Å². The van der Waals surface area contributed by atoms with Gasteiger partial charge in [0, 0.05) is 30.3 Å². The van der Waals surface area contributed by atoms with E-state index in [1.54, 1.807) is 11.8 Å². The molecular formula is C18H26N4OS. The third kappa shape index (κ3) is 5.09. The molecule has 130 valence electrons. The normalized spacial score (nSPS) is 12.1. The van der Waals surface area contributed by atoms with Crippen LogP contribution in [0.2, 0.25) is 0 Å². The first kappa shape index (κ1) is 18.5. The van der Waals surface area contributed by atoms with Crippen LogP contribution in [0.25, 0.3) is 11.4 Å². The molecule has 2 rings (SSSR count). The number of amides is 1. The Morgan fingerprint density at radius 3 is 2.67 bits per heavy atom. The second kappa shape index (κ2) is 9.47. The summed E-state index contributed by atoms with van der Waals surface area (Å²) in [5.41, 5.74) is 1.08. The molecule has 0 aliphatic carbocycles. The highest BCUT2D eigenvalue weighted by molar-refractivity contribution is 7.99. The van der Waals surface area contributed by atoms with Crippen LogP contribution in [0.3, 0.4) is 0 Å². The maximum atomic E-state index is 11.8. The average molecular weight is 347 g/mol. The second-order valence-electron chi connectivity index (χ2n) is 5.75. The smallest absolute Gasteiger partial charge is 0.220 e. The number of hydrogen-bond donors (Lipinski definition) is 1. The molecule has 0 aliphatic rings. The summed E-state index contributed by atoms with van der Waals surface area (Å²) in [5.74, 6) is 1.89. The number of benzene rings is 1. The lowest BCUT2D eigenvalue weighted by molar-refractivity contribution is -0.121. The third-order valence-electron chi connectivity index (χ3n) is 3.86. The Labute approximate surface area is 148 Å². The van der Waals surface area contributed by atoms with E-state index in [0.717, 1.165) is 41.7 Å². The van der Waals surface area contributed by atoms with Crippen molar-refractivity contribution in [2.45, 2.75) is 57.8 Å². The van der Waals surface area contributed by atoms with E-state index in [2.05, 4.69) is 33.9 Å². The molecular weight excluding hydrogens is 320 g/mol. The van der Waals surface area contributed by atoms with Crippen molar-refractivity contribution in [2.75, 3.05) is 5.75 Å². The molecule has 1 aromatic carbocycles. The minimum absolute atomic E-state index is 0.131. The highest BCUT2D eigenvalue weighted by Gasteiger charge is 2.13. The fraction of sp³-hybridized carbons (Fsp3) is 0.500. The van der Waals surface area contributed by atoms with Gasteiger partial charge in [0.1, 0.15) is 0 Å². The average Bonchev–Trinajstić information content (AvgIpc) is 3.02. The third-order valence-corrected chi connectivity index (χ3v) is 4.92. The number of aromatic nitrogens is 3. The second-order valence-corrected chi connectivity index (χ2v) is 6.81. The van der Waals surface area contributed by atoms with E-state index in [4.69, 9.17) is 0 Å². The highest BCUT2D eigenvalue weighted by atomic mass is 32.2. The van der Waals surface area contributed by atoms with Crippen molar-refractivity contribution in [1.29, 1.82) is 0 Å². The molecule has 0 bridgehead atoms. The van der Waals surface area contributed by atoms with Gasteiger partial charge >= 0.3 is 0 Å². The topological polar surface area (TPSA) is 59.8 Å². The van der Waals surface area contributed by atoms with Crippen molar-refractivity contribution in [3.63, 3.8) is 0 Å². The summed E-state index contributed by atoms with van der Waals surface area (Å²) in [6, 6.07) is 10.4. The molecule has 2 aromatic rings. The number of nitrogens with zero attached hydrogens (tertiary/aromatic N) is 3.